The maximum atomic E-state index is 12.2. The summed E-state index contributed by atoms with van der Waals surface area (Å²) in [6, 6.07) is 7.96. The van der Waals surface area contributed by atoms with Gasteiger partial charge in [0.25, 0.3) is 0 Å². The minimum absolute atomic E-state index is 0.107. The van der Waals surface area contributed by atoms with Crippen molar-refractivity contribution in [2.24, 2.45) is 5.11 Å². The Morgan fingerprint density at radius 2 is 2.14 bits per heavy atom. The lowest BCUT2D eigenvalue weighted by Crippen LogP contribution is -2.41. The predicted molar refractivity (Wildman–Crippen MR) is 76.7 cm³/mol. The molecule has 0 aromatic heterocycles. The third kappa shape index (κ3) is 3.67. The van der Waals surface area contributed by atoms with Gasteiger partial charge < -0.3 is 9.47 Å². The number of ether oxygens (including phenoxy) is 2. The summed E-state index contributed by atoms with van der Waals surface area (Å²) in [6.07, 6.45) is -0.396. The topological polar surface area (TPSA) is 105 Å². The summed E-state index contributed by atoms with van der Waals surface area (Å²) in [5.41, 5.74) is 9.34. The fourth-order valence-electron chi connectivity index (χ4n) is 2.33. The van der Waals surface area contributed by atoms with Crippen molar-refractivity contribution < 1.29 is 19.1 Å². The van der Waals surface area contributed by atoms with Crippen LogP contribution >= 0.6 is 0 Å². The number of hydrogen-bond donors (Lipinski definition) is 0. The molecule has 0 radical (unpaired) electrons. The van der Waals surface area contributed by atoms with Gasteiger partial charge >= 0.3 is 12.1 Å². The highest BCUT2D eigenvalue weighted by Crippen LogP contribution is 2.23. The van der Waals surface area contributed by atoms with E-state index in [1.54, 1.807) is 0 Å². The number of carbonyl (C=O) groups is 2. The molecule has 0 saturated carbocycles. The fourth-order valence-corrected chi connectivity index (χ4v) is 2.33. The Hall–Kier alpha value is -2.73. The van der Waals surface area contributed by atoms with Gasteiger partial charge in [-0.1, -0.05) is 35.4 Å². The molecule has 1 heterocycles. The van der Waals surface area contributed by atoms with Crippen LogP contribution in [0.2, 0.25) is 0 Å². The van der Waals surface area contributed by atoms with E-state index in [0.29, 0.717) is 0 Å². The van der Waals surface area contributed by atoms with Crippen molar-refractivity contribution in [3.63, 3.8) is 0 Å². The summed E-state index contributed by atoms with van der Waals surface area (Å²) in [4.78, 5) is 27.9. The number of likely N-dealkylation sites (tertiary alicyclic amines) is 1. The molecule has 1 saturated heterocycles. The molecule has 0 aliphatic carbocycles. The summed E-state index contributed by atoms with van der Waals surface area (Å²) < 4.78 is 9.89. The van der Waals surface area contributed by atoms with Crippen LogP contribution < -0.4 is 0 Å². The number of benzene rings is 1. The van der Waals surface area contributed by atoms with E-state index in [2.05, 4.69) is 14.8 Å². The molecular weight excluding hydrogens is 288 g/mol. The lowest BCUT2D eigenvalue weighted by atomic mass is 10.2. The van der Waals surface area contributed by atoms with E-state index in [0.717, 1.165) is 5.56 Å². The molecule has 0 N–H and O–H groups in total. The van der Waals surface area contributed by atoms with Crippen molar-refractivity contribution in [1.29, 1.82) is 0 Å². The highest BCUT2D eigenvalue weighted by molar-refractivity contribution is 5.82. The molecule has 0 bridgehead atoms. The van der Waals surface area contributed by atoms with E-state index in [-0.39, 0.29) is 19.6 Å². The second-order valence-corrected chi connectivity index (χ2v) is 4.83. The lowest BCUT2D eigenvalue weighted by Gasteiger charge is -2.21. The van der Waals surface area contributed by atoms with Crippen LogP contribution in [0.1, 0.15) is 12.0 Å². The molecule has 0 spiro atoms. The Bertz CT molecular complexity index is 586. The number of methoxy groups -OCH3 is 1. The first-order valence-corrected chi connectivity index (χ1v) is 6.75. The molecule has 1 aliphatic rings. The molecule has 2 rings (SSSR count). The van der Waals surface area contributed by atoms with E-state index in [4.69, 9.17) is 10.3 Å². The number of carbonyl (C=O) groups excluding carboxylic acids is 2. The second-order valence-electron chi connectivity index (χ2n) is 4.83. The van der Waals surface area contributed by atoms with Gasteiger partial charge in [-0.05, 0) is 17.5 Å². The van der Waals surface area contributed by atoms with Crippen molar-refractivity contribution in [2.75, 3.05) is 13.7 Å². The van der Waals surface area contributed by atoms with Crippen molar-refractivity contribution in [1.82, 2.24) is 4.90 Å². The fraction of sp³-hybridized carbons (Fsp3) is 0.429. The van der Waals surface area contributed by atoms with Gasteiger partial charge in [-0.25, -0.2) is 9.59 Å². The zero-order valence-electron chi connectivity index (χ0n) is 12.1. The van der Waals surface area contributed by atoms with Crippen LogP contribution in [0.3, 0.4) is 0 Å². The number of azide groups is 1. The highest BCUT2D eigenvalue weighted by Gasteiger charge is 2.40. The van der Waals surface area contributed by atoms with E-state index >= 15 is 0 Å². The number of amides is 1. The quantitative estimate of drug-likeness (QED) is 0.368. The highest BCUT2D eigenvalue weighted by atomic mass is 16.6. The molecular formula is C14H16N4O4. The third-order valence-electron chi connectivity index (χ3n) is 3.41. The van der Waals surface area contributed by atoms with Crippen molar-refractivity contribution in [3.8, 4) is 0 Å². The van der Waals surface area contributed by atoms with Gasteiger partial charge in [-0.3, -0.25) is 4.90 Å². The predicted octanol–water partition coefficient (Wildman–Crippen LogP) is 2.25. The van der Waals surface area contributed by atoms with Gasteiger partial charge in [0.15, 0.2) is 0 Å². The first-order chi connectivity index (χ1) is 10.7. The largest absolute Gasteiger partial charge is 0.467 e. The van der Waals surface area contributed by atoms with Crippen LogP contribution in [-0.4, -0.2) is 42.7 Å². The maximum Gasteiger partial charge on any atom is 0.410 e. The van der Waals surface area contributed by atoms with Crippen molar-refractivity contribution >= 4 is 12.1 Å². The second kappa shape index (κ2) is 7.33. The van der Waals surface area contributed by atoms with Crippen LogP contribution in [0.4, 0.5) is 4.79 Å². The first kappa shape index (κ1) is 15.7. The van der Waals surface area contributed by atoms with Crippen molar-refractivity contribution in [3.05, 3.63) is 46.3 Å². The van der Waals surface area contributed by atoms with Gasteiger partial charge in [0, 0.05) is 11.5 Å². The monoisotopic (exact) mass is 304 g/mol. The van der Waals surface area contributed by atoms with Gasteiger partial charge in [0.1, 0.15) is 12.6 Å². The van der Waals surface area contributed by atoms with Gasteiger partial charge in [-0.2, -0.15) is 0 Å². The average Bonchev–Trinajstić information content (AvgIpc) is 2.97. The Labute approximate surface area is 127 Å². The van der Waals surface area contributed by atoms with Crippen molar-refractivity contribution in [2.45, 2.75) is 25.1 Å². The third-order valence-corrected chi connectivity index (χ3v) is 3.41. The van der Waals surface area contributed by atoms with E-state index in [9.17, 15) is 9.59 Å². The minimum atomic E-state index is -0.788. The molecule has 8 heteroatoms. The smallest absolute Gasteiger partial charge is 0.410 e. The molecule has 8 nitrogen and oxygen atoms in total. The Morgan fingerprint density at radius 1 is 1.41 bits per heavy atom. The minimum Gasteiger partial charge on any atom is -0.467 e. The zero-order chi connectivity index (χ0) is 15.9. The number of hydrogen-bond acceptors (Lipinski definition) is 5. The summed E-state index contributed by atoms with van der Waals surface area (Å²) in [6.45, 7) is 0.244. The van der Waals surface area contributed by atoms with Crippen LogP contribution in [0.25, 0.3) is 10.4 Å². The Morgan fingerprint density at radius 3 is 2.77 bits per heavy atom. The van der Waals surface area contributed by atoms with E-state index in [1.807, 2.05) is 30.3 Å². The number of nitrogens with zero attached hydrogens (tertiary/aromatic N) is 4. The molecule has 116 valence electrons. The molecule has 1 fully saturated rings. The van der Waals surface area contributed by atoms with Crippen LogP contribution in [0.15, 0.2) is 35.4 Å². The van der Waals surface area contributed by atoms with E-state index in [1.165, 1.54) is 12.0 Å². The molecule has 1 aromatic rings. The standard InChI is InChI=1S/C14H16N4O4/c1-21-13(19)12-7-11(16-17-15)8-18(12)14(20)22-9-10-5-3-2-4-6-10/h2-6,11-12H,7-9H2,1H3/t11-,12-/m1/s1. The lowest BCUT2D eigenvalue weighted by molar-refractivity contribution is -0.145. The summed E-state index contributed by atoms with van der Waals surface area (Å²) in [5.74, 6) is -0.549. The molecule has 1 aromatic carbocycles. The summed E-state index contributed by atoms with van der Waals surface area (Å²) in [5, 5.41) is 3.56. The van der Waals surface area contributed by atoms with Gasteiger partial charge in [-0.15, -0.1) is 0 Å². The van der Waals surface area contributed by atoms with Crippen LogP contribution in [0.5, 0.6) is 0 Å². The normalized spacial score (nSPS) is 20.1. The number of rotatable bonds is 4. The van der Waals surface area contributed by atoms with Crippen LogP contribution in [-0.2, 0) is 20.9 Å². The summed E-state index contributed by atoms with van der Waals surface area (Å²) >= 11 is 0. The van der Waals surface area contributed by atoms with Crippen LogP contribution in [0, 0.1) is 0 Å². The molecule has 22 heavy (non-hydrogen) atoms. The molecule has 1 aliphatic heterocycles. The van der Waals surface area contributed by atoms with E-state index < -0.39 is 24.1 Å². The van der Waals surface area contributed by atoms with Gasteiger partial charge in [0.2, 0.25) is 0 Å². The Balaban J connectivity index is 2.02. The SMILES string of the molecule is COC(=O)[C@H]1C[C@@H](N=[N+]=[N-])CN1C(=O)OCc1ccccc1. The summed E-state index contributed by atoms with van der Waals surface area (Å²) in [7, 11) is 1.25. The average molecular weight is 304 g/mol. The Kier molecular flexibility index (Phi) is 5.21. The van der Waals surface area contributed by atoms with Gasteiger partial charge in [0.05, 0.1) is 13.2 Å². The maximum absolute atomic E-state index is 12.2. The molecule has 0 unspecified atom stereocenters. The number of esters is 1. The molecule has 2 atom stereocenters. The zero-order valence-corrected chi connectivity index (χ0v) is 12.1. The molecule has 1 amide bonds. The first-order valence-electron chi connectivity index (χ1n) is 6.75.